The van der Waals surface area contributed by atoms with Crippen LogP contribution in [-0.2, 0) is 4.74 Å². The summed E-state index contributed by atoms with van der Waals surface area (Å²) in [4.78, 5) is 2.40. The molecule has 0 bridgehead atoms. The predicted octanol–water partition coefficient (Wildman–Crippen LogP) is 1.22. The van der Waals surface area contributed by atoms with Gasteiger partial charge in [0.15, 0.2) is 0 Å². The third-order valence-electron chi connectivity index (χ3n) is 2.48. The molecule has 0 spiro atoms. The number of nitrogens with zero attached hydrogens (tertiary/aromatic N) is 1. The van der Waals surface area contributed by atoms with Crippen molar-refractivity contribution in [2.45, 2.75) is 45.3 Å². The van der Waals surface area contributed by atoms with Crippen LogP contribution in [0.4, 0.5) is 0 Å². The molecule has 1 heterocycles. The maximum absolute atomic E-state index is 5.90. The summed E-state index contributed by atoms with van der Waals surface area (Å²) in [6.07, 6.45) is 2.41. The van der Waals surface area contributed by atoms with Crippen molar-refractivity contribution in [2.75, 3.05) is 26.2 Å². The molecular formula is C11H24N2O. The molecule has 1 saturated heterocycles. The van der Waals surface area contributed by atoms with Gasteiger partial charge < -0.3 is 10.5 Å². The van der Waals surface area contributed by atoms with E-state index in [1.54, 1.807) is 0 Å². The Morgan fingerprint density at radius 1 is 1.43 bits per heavy atom. The Morgan fingerprint density at radius 3 is 2.71 bits per heavy atom. The summed E-state index contributed by atoms with van der Waals surface area (Å²) in [5, 5.41) is 0. The van der Waals surface area contributed by atoms with E-state index in [0.717, 1.165) is 19.7 Å². The molecule has 0 unspecified atom stereocenters. The highest BCUT2D eigenvalue weighted by Gasteiger charge is 2.17. The average Bonchev–Trinajstić information content (AvgIpc) is 2.01. The number of nitrogens with two attached hydrogens (primary N) is 1. The van der Waals surface area contributed by atoms with Crippen molar-refractivity contribution >= 4 is 0 Å². The lowest BCUT2D eigenvalue weighted by atomic mass is 10.1. The SMILES string of the molecule is CC(C)(C)OCCN1CCC[C@@H](N)C1. The monoisotopic (exact) mass is 200 g/mol. The lowest BCUT2D eigenvalue weighted by Gasteiger charge is -2.31. The van der Waals surface area contributed by atoms with Crippen molar-refractivity contribution in [1.82, 2.24) is 4.90 Å². The first-order valence-electron chi connectivity index (χ1n) is 5.59. The molecule has 0 radical (unpaired) electrons. The number of rotatable bonds is 3. The van der Waals surface area contributed by atoms with Crippen LogP contribution in [-0.4, -0.2) is 42.8 Å². The molecule has 2 N–H and O–H groups in total. The lowest BCUT2D eigenvalue weighted by molar-refractivity contribution is -0.0153. The quantitative estimate of drug-likeness (QED) is 0.744. The summed E-state index contributed by atoms with van der Waals surface area (Å²) in [5.74, 6) is 0. The Morgan fingerprint density at radius 2 is 2.14 bits per heavy atom. The van der Waals surface area contributed by atoms with Crippen LogP contribution in [0.5, 0.6) is 0 Å². The zero-order chi connectivity index (χ0) is 10.6. The van der Waals surface area contributed by atoms with Gasteiger partial charge in [-0.15, -0.1) is 0 Å². The van der Waals surface area contributed by atoms with Gasteiger partial charge in [0.2, 0.25) is 0 Å². The van der Waals surface area contributed by atoms with Crippen LogP contribution in [0.15, 0.2) is 0 Å². The molecule has 1 aliphatic rings. The van der Waals surface area contributed by atoms with Crippen LogP contribution in [0.25, 0.3) is 0 Å². The standard InChI is InChI=1S/C11H24N2O/c1-11(2,3)14-8-7-13-6-4-5-10(12)9-13/h10H,4-9,12H2,1-3H3/t10-/m1/s1. The van der Waals surface area contributed by atoms with E-state index in [1.807, 2.05) is 0 Å². The molecule has 1 atom stereocenters. The second-order valence-corrected chi connectivity index (χ2v) is 5.16. The third-order valence-corrected chi connectivity index (χ3v) is 2.48. The maximum Gasteiger partial charge on any atom is 0.0600 e. The first-order valence-corrected chi connectivity index (χ1v) is 5.59. The van der Waals surface area contributed by atoms with Gasteiger partial charge in [0.1, 0.15) is 0 Å². The van der Waals surface area contributed by atoms with Crippen LogP contribution >= 0.6 is 0 Å². The largest absolute Gasteiger partial charge is 0.375 e. The highest BCUT2D eigenvalue weighted by molar-refractivity contribution is 4.74. The minimum Gasteiger partial charge on any atom is -0.375 e. The van der Waals surface area contributed by atoms with Crippen LogP contribution in [0.1, 0.15) is 33.6 Å². The summed E-state index contributed by atoms with van der Waals surface area (Å²) >= 11 is 0. The smallest absolute Gasteiger partial charge is 0.0600 e. The Balaban J connectivity index is 2.12. The molecule has 14 heavy (non-hydrogen) atoms. The molecule has 0 saturated carbocycles. The average molecular weight is 200 g/mol. The van der Waals surface area contributed by atoms with E-state index in [9.17, 15) is 0 Å². The van der Waals surface area contributed by atoms with Gasteiger partial charge in [0.25, 0.3) is 0 Å². The van der Waals surface area contributed by atoms with E-state index in [1.165, 1.54) is 19.4 Å². The molecule has 1 fully saturated rings. The third kappa shape index (κ3) is 4.94. The van der Waals surface area contributed by atoms with Gasteiger partial charge in [-0.25, -0.2) is 0 Å². The summed E-state index contributed by atoms with van der Waals surface area (Å²) in [6.45, 7) is 10.3. The summed E-state index contributed by atoms with van der Waals surface area (Å²) in [6, 6.07) is 0.374. The molecule has 0 aromatic heterocycles. The van der Waals surface area contributed by atoms with Crippen molar-refractivity contribution in [1.29, 1.82) is 0 Å². The second-order valence-electron chi connectivity index (χ2n) is 5.16. The van der Waals surface area contributed by atoms with Crippen molar-refractivity contribution in [3.8, 4) is 0 Å². The summed E-state index contributed by atoms with van der Waals surface area (Å²) < 4.78 is 5.68. The van der Waals surface area contributed by atoms with Crippen LogP contribution in [0, 0.1) is 0 Å². The number of piperidine rings is 1. The van der Waals surface area contributed by atoms with Crippen LogP contribution in [0.2, 0.25) is 0 Å². The molecule has 1 aliphatic heterocycles. The van der Waals surface area contributed by atoms with E-state index in [4.69, 9.17) is 10.5 Å². The molecular weight excluding hydrogens is 176 g/mol. The van der Waals surface area contributed by atoms with E-state index in [-0.39, 0.29) is 5.60 Å². The Labute approximate surface area is 87.6 Å². The molecule has 0 aromatic carbocycles. The van der Waals surface area contributed by atoms with E-state index >= 15 is 0 Å². The molecule has 0 amide bonds. The normalized spacial score (nSPS) is 25.3. The van der Waals surface area contributed by atoms with Crippen LogP contribution in [0.3, 0.4) is 0 Å². The number of ether oxygens (including phenoxy) is 1. The minimum absolute atomic E-state index is 0.0160. The highest BCUT2D eigenvalue weighted by Crippen LogP contribution is 2.09. The summed E-state index contributed by atoms with van der Waals surface area (Å²) in [5.41, 5.74) is 5.88. The zero-order valence-electron chi connectivity index (χ0n) is 9.75. The van der Waals surface area contributed by atoms with Crippen molar-refractivity contribution in [3.05, 3.63) is 0 Å². The van der Waals surface area contributed by atoms with E-state index in [0.29, 0.717) is 6.04 Å². The molecule has 84 valence electrons. The first-order chi connectivity index (χ1) is 6.47. The topological polar surface area (TPSA) is 38.5 Å². The molecule has 3 heteroatoms. The van der Waals surface area contributed by atoms with Gasteiger partial charge in [-0.3, -0.25) is 4.90 Å². The zero-order valence-corrected chi connectivity index (χ0v) is 9.75. The molecule has 0 aliphatic carbocycles. The predicted molar refractivity (Wildman–Crippen MR) is 59.4 cm³/mol. The number of hydrogen-bond acceptors (Lipinski definition) is 3. The van der Waals surface area contributed by atoms with Gasteiger partial charge in [-0.05, 0) is 40.2 Å². The Kier molecular flexibility index (Phi) is 4.35. The highest BCUT2D eigenvalue weighted by atomic mass is 16.5. The lowest BCUT2D eigenvalue weighted by Crippen LogP contribution is -2.44. The maximum atomic E-state index is 5.90. The minimum atomic E-state index is -0.0160. The van der Waals surface area contributed by atoms with E-state index in [2.05, 4.69) is 25.7 Å². The van der Waals surface area contributed by atoms with E-state index < -0.39 is 0 Å². The van der Waals surface area contributed by atoms with Gasteiger partial charge in [0.05, 0.1) is 12.2 Å². The fourth-order valence-corrected chi connectivity index (χ4v) is 1.78. The van der Waals surface area contributed by atoms with Gasteiger partial charge in [-0.1, -0.05) is 0 Å². The van der Waals surface area contributed by atoms with Crippen molar-refractivity contribution in [2.24, 2.45) is 5.73 Å². The van der Waals surface area contributed by atoms with Crippen molar-refractivity contribution < 1.29 is 4.74 Å². The Bertz CT molecular complexity index is 165. The number of likely N-dealkylation sites (tertiary alicyclic amines) is 1. The van der Waals surface area contributed by atoms with Gasteiger partial charge in [-0.2, -0.15) is 0 Å². The second kappa shape index (κ2) is 5.10. The van der Waals surface area contributed by atoms with Crippen molar-refractivity contribution in [3.63, 3.8) is 0 Å². The fourth-order valence-electron chi connectivity index (χ4n) is 1.78. The summed E-state index contributed by atoms with van der Waals surface area (Å²) in [7, 11) is 0. The fraction of sp³-hybridized carbons (Fsp3) is 1.00. The Hall–Kier alpha value is -0.120. The molecule has 1 rings (SSSR count). The number of hydrogen-bond donors (Lipinski definition) is 1. The van der Waals surface area contributed by atoms with Crippen LogP contribution < -0.4 is 5.73 Å². The molecule has 0 aromatic rings. The van der Waals surface area contributed by atoms with Gasteiger partial charge in [0, 0.05) is 19.1 Å². The van der Waals surface area contributed by atoms with Gasteiger partial charge >= 0.3 is 0 Å². The first kappa shape index (κ1) is 12.0. The molecule has 3 nitrogen and oxygen atoms in total.